The Morgan fingerprint density at radius 1 is 1.31 bits per heavy atom. The summed E-state index contributed by atoms with van der Waals surface area (Å²) in [5, 5.41) is -0.480. The third-order valence-corrected chi connectivity index (χ3v) is 3.87. The van der Waals surface area contributed by atoms with Crippen molar-refractivity contribution in [3.8, 4) is 0 Å². The summed E-state index contributed by atoms with van der Waals surface area (Å²) in [4.78, 5) is 0. The molecule has 0 aromatic heterocycles. The van der Waals surface area contributed by atoms with Crippen molar-refractivity contribution in [1.82, 2.24) is 4.72 Å². The quantitative estimate of drug-likeness (QED) is 0.847. The molecule has 6 heteroatoms. The van der Waals surface area contributed by atoms with E-state index in [2.05, 4.69) is 4.72 Å². The van der Waals surface area contributed by atoms with E-state index in [1.165, 1.54) is 0 Å². The van der Waals surface area contributed by atoms with Crippen molar-refractivity contribution in [2.45, 2.75) is 20.4 Å². The van der Waals surface area contributed by atoms with E-state index in [1.54, 1.807) is 26.0 Å². The average Bonchev–Trinajstić information content (AvgIpc) is 2.23. The van der Waals surface area contributed by atoms with Gasteiger partial charge in [0, 0.05) is 6.54 Å². The summed E-state index contributed by atoms with van der Waals surface area (Å²) in [7, 11) is -3.43. The highest BCUT2D eigenvalue weighted by Gasteiger charge is 2.09. The molecule has 0 bridgehead atoms. The number of halogens is 2. The van der Waals surface area contributed by atoms with Gasteiger partial charge in [-0.3, -0.25) is 0 Å². The molecular weight excluding hydrogens is 253 g/mol. The van der Waals surface area contributed by atoms with Crippen molar-refractivity contribution in [2.75, 3.05) is 5.21 Å². The zero-order valence-corrected chi connectivity index (χ0v) is 10.6. The van der Waals surface area contributed by atoms with Crippen molar-refractivity contribution < 1.29 is 12.8 Å². The predicted molar refractivity (Wildman–Crippen MR) is 62.4 cm³/mol. The Balaban J connectivity index is 2.84. The molecule has 0 unspecified atom stereocenters. The third kappa shape index (κ3) is 3.43. The molecule has 0 aliphatic heterocycles. The van der Waals surface area contributed by atoms with Crippen LogP contribution >= 0.6 is 11.6 Å². The fourth-order valence-corrected chi connectivity index (χ4v) is 2.06. The number of hydrogen-bond acceptors (Lipinski definition) is 2. The van der Waals surface area contributed by atoms with Gasteiger partial charge < -0.3 is 0 Å². The first-order valence-corrected chi connectivity index (χ1v) is 6.83. The van der Waals surface area contributed by atoms with Crippen LogP contribution in [-0.4, -0.2) is 13.6 Å². The van der Waals surface area contributed by atoms with Gasteiger partial charge in [-0.2, -0.15) is 0 Å². The van der Waals surface area contributed by atoms with E-state index in [4.69, 9.17) is 11.6 Å². The highest BCUT2D eigenvalue weighted by atomic mass is 35.5. The second-order valence-electron chi connectivity index (χ2n) is 3.59. The molecule has 0 radical (unpaired) electrons. The lowest BCUT2D eigenvalue weighted by Gasteiger charge is -2.07. The van der Waals surface area contributed by atoms with Gasteiger partial charge >= 0.3 is 0 Å². The molecule has 0 amide bonds. The van der Waals surface area contributed by atoms with Crippen LogP contribution in [0.3, 0.4) is 0 Å². The first kappa shape index (κ1) is 13.4. The second-order valence-corrected chi connectivity index (χ2v) is 5.98. The van der Waals surface area contributed by atoms with Crippen LogP contribution < -0.4 is 4.72 Å². The molecule has 0 saturated carbocycles. The lowest BCUT2D eigenvalue weighted by Crippen LogP contribution is -2.24. The van der Waals surface area contributed by atoms with E-state index in [0.29, 0.717) is 16.7 Å². The molecule has 1 rings (SSSR count). The Morgan fingerprint density at radius 2 is 1.81 bits per heavy atom. The molecule has 0 aliphatic rings. The lowest BCUT2D eigenvalue weighted by molar-refractivity contribution is 0.585. The Bertz CT molecular complexity index is 465. The molecule has 0 atom stereocenters. The van der Waals surface area contributed by atoms with E-state index in [1.807, 2.05) is 0 Å². The van der Waals surface area contributed by atoms with Gasteiger partial charge in [-0.05, 0) is 30.5 Å². The molecule has 0 spiro atoms. The Morgan fingerprint density at radius 3 is 2.25 bits per heavy atom. The molecule has 90 valence electrons. The minimum absolute atomic E-state index is 0.122. The second kappa shape index (κ2) is 5.12. The van der Waals surface area contributed by atoms with Crippen LogP contribution in [0.1, 0.15) is 16.7 Å². The van der Waals surface area contributed by atoms with Crippen LogP contribution in [0.15, 0.2) is 12.1 Å². The number of sulfonamides is 1. The van der Waals surface area contributed by atoms with Gasteiger partial charge in [0.2, 0.25) is 10.0 Å². The largest absolute Gasteiger partial charge is 0.225 e. The SMILES string of the molecule is Cc1cc(CNS(=O)(=O)CCl)cc(C)c1F. The van der Waals surface area contributed by atoms with Gasteiger partial charge in [-0.25, -0.2) is 17.5 Å². The number of nitrogens with one attached hydrogen (secondary N) is 1. The van der Waals surface area contributed by atoms with Crippen molar-refractivity contribution >= 4 is 21.6 Å². The molecule has 16 heavy (non-hydrogen) atoms. The van der Waals surface area contributed by atoms with Crippen molar-refractivity contribution in [1.29, 1.82) is 0 Å². The molecule has 0 saturated heterocycles. The first-order chi connectivity index (χ1) is 7.35. The van der Waals surface area contributed by atoms with Crippen LogP contribution in [-0.2, 0) is 16.6 Å². The topological polar surface area (TPSA) is 46.2 Å². The number of aryl methyl sites for hydroxylation is 2. The molecule has 0 fully saturated rings. The van der Waals surface area contributed by atoms with E-state index in [0.717, 1.165) is 0 Å². The Kier molecular flexibility index (Phi) is 4.29. The summed E-state index contributed by atoms with van der Waals surface area (Å²) in [6, 6.07) is 3.22. The van der Waals surface area contributed by atoms with Crippen molar-refractivity contribution in [3.05, 3.63) is 34.6 Å². The van der Waals surface area contributed by atoms with Crippen LogP contribution in [0.2, 0.25) is 0 Å². The maximum absolute atomic E-state index is 13.3. The van der Waals surface area contributed by atoms with E-state index in [9.17, 15) is 12.8 Å². The maximum atomic E-state index is 13.3. The molecular formula is C10H13ClFNO2S. The molecule has 0 aliphatic carbocycles. The summed E-state index contributed by atoms with van der Waals surface area (Å²) >= 11 is 5.24. The number of benzene rings is 1. The Hall–Kier alpha value is -0.650. The lowest BCUT2D eigenvalue weighted by atomic mass is 10.1. The highest BCUT2D eigenvalue weighted by molar-refractivity contribution is 7.90. The van der Waals surface area contributed by atoms with Crippen LogP contribution in [0, 0.1) is 19.7 Å². The number of rotatable bonds is 4. The monoisotopic (exact) mass is 265 g/mol. The van der Waals surface area contributed by atoms with E-state index >= 15 is 0 Å². The normalized spacial score (nSPS) is 11.8. The third-order valence-electron chi connectivity index (χ3n) is 2.14. The summed E-state index contributed by atoms with van der Waals surface area (Å²) in [6.07, 6.45) is 0. The molecule has 1 N–H and O–H groups in total. The van der Waals surface area contributed by atoms with Gasteiger partial charge in [0.05, 0.1) is 0 Å². The summed E-state index contributed by atoms with van der Waals surface area (Å²) < 4.78 is 37.8. The molecule has 1 aromatic carbocycles. The Labute approximate surface area is 99.7 Å². The standard InChI is InChI=1S/C10H13ClFNO2S/c1-7-3-9(4-8(2)10(7)12)5-13-16(14,15)6-11/h3-4,13H,5-6H2,1-2H3. The van der Waals surface area contributed by atoms with Gasteiger partial charge in [0.15, 0.2) is 0 Å². The summed E-state index contributed by atoms with van der Waals surface area (Å²) in [5.74, 6) is -0.260. The average molecular weight is 266 g/mol. The smallest absolute Gasteiger partial charge is 0.211 e. The van der Waals surface area contributed by atoms with Crippen LogP contribution in [0.4, 0.5) is 4.39 Å². The summed E-state index contributed by atoms with van der Waals surface area (Å²) in [5.41, 5.74) is 1.71. The fourth-order valence-electron chi connectivity index (χ4n) is 1.37. The molecule has 0 heterocycles. The number of hydrogen-bond donors (Lipinski definition) is 1. The number of alkyl halides is 1. The zero-order chi connectivity index (χ0) is 12.3. The summed E-state index contributed by atoms with van der Waals surface area (Å²) in [6.45, 7) is 3.40. The minimum Gasteiger partial charge on any atom is -0.211 e. The molecule has 1 aromatic rings. The zero-order valence-electron chi connectivity index (χ0n) is 9.05. The fraction of sp³-hybridized carbons (Fsp3) is 0.400. The van der Waals surface area contributed by atoms with Gasteiger partial charge in [0.1, 0.15) is 11.0 Å². The van der Waals surface area contributed by atoms with Crippen LogP contribution in [0.25, 0.3) is 0 Å². The van der Waals surface area contributed by atoms with Crippen molar-refractivity contribution in [2.24, 2.45) is 0 Å². The highest BCUT2D eigenvalue weighted by Crippen LogP contribution is 2.14. The minimum atomic E-state index is -3.43. The first-order valence-electron chi connectivity index (χ1n) is 4.64. The van der Waals surface area contributed by atoms with E-state index in [-0.39, 0.29) is 12.4 Å². The van der Waals surface area contributed by atoms with E-state index < -0.39 is 15.2 Å². The van der Waals surface area contributed by atoms with Gasteiger partial charge in [-0.1, -0.05) is 12.1 Å². The van der Waals surface area contributed by atoms with Crippen LogP contribution in [0.5, 0.6) is 0 Å². The van der Waals surface area contributed by atoms with Gasteiger partial charge in [0.25, 0.3) is 0 Å². The van der Waals surface area contributed by atoms with Gasteiger partial charge in [-0.15, -0.1) is 11.6 Å². The predicted octanol–water partition coefficient (Wildman–Crippen LogP) is 2.06. The van der Waals surface area contributed by atoms with Crippen molar-refractivity contribution in [3.63, 3.8) is 0 Å². The maximum Gasteiger partial charge on any atom is 0.225 e. The molecule has 3 nitrogen and oxygen atoms in total.